The molecule has 7 rings (SSSR count). The van der Waals surface area contributed by atoms with E-state index in [4.69, 9.17) is 18.9 Å². The Morgan fingerprint density at radius 2 is 1.69 bits per heavy atom. The molecule has 0 spiro atoms. The van der Waals surface area contributed by atoms with Gasteiger partial charge >= 0.3 is 5.97 Å². The molecule has 7 aliphatic rings. The lowest BCUT2D eigenvalue weighted by Gasteiger charge is -2.60. The number of fused-ring (bicyclic) bond motifs is 3. The van der Waals surface area contributed by atoms with Gasteiger partial charge in [0.2, 0.25) is 0 Å². The molecule has 3 heterocycles. The maximum absolute atomic E-state index is 14.2. The molecule has 0 radical (unpaired) electrons. The van der Waals surface area contributed by atoms with Crippen LogP contribution in [0, 0.1) is 22.7 Å². The van der Waals surface area contributed by atoms with Crippen LogP contribution in [0.5, 0.6) is 0 Å². The summed E-state index contributed by atoms with van der Waals surface area (Å²) in [4.78, 5) is 27.0. The first-order valence-electron chi connectivity index (χ1n) is 16.6. The number of hydrogen-bond donors (Lipinski definition) is 5. The van der Waals surface area contributed by atoms with E-state index in [1.54, 1.807) is 6.92 Å². The number of hydrogen-bond acceptors (Lipinski definition) is 11. The Morgan fingerprint density at radius 1 is 0.956 bits per heavy atom. The number of carbonyl (C=O) groups excluding carboxylic acids is 2. The molecule has 14 atom stereocenters. The summed E-state index contributed by atoms with van der Waals surface area (Å²) in [5.74, 6) is -0.385. The van der Waals surface area contributed by atoms with Crippen molar-refractivity contribution >= 4 is 11.8 Å². The molecule has 11 heteroatoms. The average Bonchev–Trinajstić information content (AvgIpc) is 3.32. The smallest absolute Gasteiger partial charge is 0.334 e. The van der Waals surface area contributed by atoms with Gasteiger partial charge in [-0.15, -0.1) is 0 Å². The molecule has 2 saturated heterocycles. The van der Waals surface area contributed by atoms with Crippen LogP contribution in [0.1, 0.15) is 86.0 Å². The first-order valence-corrected chi connectivity index (χ1v) is 16.6. The van der Waals surface area contributed by atoms with Crippen LogP contribution in [0.3, 0.4) is 0 Å². The molecule has 5 N–H and O–H groups in total. The molecule has 0 aromatic rings. The molecule has 0 aromatic carbocycles. The topological polar surface area (TPSA) is 172 Å². The van der Waals surface area contributed by atoms with Crippen molar-refractivity contribution in [1.82, 2.24) is 0 Å². The number of esters is 1. The highest BCUT2D eigenvalue weighted by molar-refractivity contribution is 5.90. The minimum absolute atomic E-state index is 0.0197. The fraction of sp³-hybridized carbons (Fsp3) is 0.824. The molecule has 0 aromatic heterocycles. The van der Waals surface area contributed by atoms with Gasteiger partial charge in [-0.3, -0.25) is 4.79 Å². The van der Waals surface area contributed by atoms with Crippen LogP contribution in [-0.4, -0.2) is 104 Å². The summed E-state index contributed by atoms with van der Waals surface area (Å²) in [6, 6.07) is 0. The van der Waals surface area contributed by atoms with Gasteiger partial charge in [0.1, 0.15) is 47.5 Å². The third-order valence-electron chi connectivity index (χ3n) is 13.9. The van der Waals surface area contributed by atoms with E-state index in [-0.39, 0.29) is 30.0 Å². The van der Waals surface area contributed by atoms with Crippen LogP contribution in [0.2, 0.25) is 0 Å². The summed E-state index contributed by atoms with van der Waals surface area (Å²) < 4.78 is 24.8. The van der Waals surface area contributed by atoms with Gasteiger partial charge in [-0.2, -0.15) is 0 Å². The van der Waals surface area contributed by atoms with Crippen molar-refractivity contribution in [3.05, 3.63) is 22.8 Å². The van der Waals surface area contributed by atoms with E-state index in [2.05, 4.69) is 13.0 Å². The van der Waals surface area contributed by atoms with E-state index >= 15 is 0 Å². The second-order valence-electron chi connectivity index (χ2n) is 15.5. The fourth-order valence-corrected chi connectivity index (χ4v) is 10.9. The largest absolute Gasteiger partial charge is 0.455 e. The SMILES string of the molecule is CC1=C(C)C(=O)O[C@@H]([C@]2(C)O[C@@]34CC[C@@]2(O)[C@@]3(C)CC[C@H]2[C@H]4CC=C3C[C@@H](O[C@@H]4O[C@H](CO)[C@@H](O)[C@H](O)[C@H]4O)CC(=O)[C@@]32C)C1. The number of aliphatic hydroxyl groups is 5. The maximum Gasteiger partial charge on any atom is 0.334 e. The van der Waals surface area contributed by atoms with Crippen LogP contribution in [-0.2, 0) is 28.5 Å². The Bertz CT molecular complexity index is 1360. The van der Waals surface area contributed by atoms with Crippen molar-refractivity contribution in [3.63, 3.8) is 0 Å². The van der Waals surface area contributed by atoms with Gasteiger partial charge in [-0.25, -0.2) is 4.79 Å². The lowest BCUT2D eigenvalue weighted by atomic mass is 9.45. The van der Waals surface area contributed by atoms with Gasteiger partial charge in [0.25, 0.3) is 0 Å². The van der Waals surface area contributed by atoms with Gasteiger partial charge in [-0.05, 0) is 78.1 Å². The number of ketones is 1. The molecule has 5 fully saturated rings. The normalized spacial score (nSPS) is 54.3. The number of Topliss-reactive ketones (excluding diaryl/α,β-unsaturated/α-hetero) is 1. The predicted octanol–water partition coefficient (Wildman–Crippen LogP) is 1.61. The highest BCUT2D eigenvalue weighted by atomic mass is 16.7. The highest BCUT2D eigenvalue weighted by Crippen LogP contribution is 2.77. The molecule has 0 amide bonds. The van der Waals surface area contributed by atoms with Crippen LogP contribution in [0.15, 0.2) is 22.8 Å². The summed E-state index contributed by atoms with van der Waals surface area (Å²) >= 11 is 0. The van der Waals surface area contributed by atoms with Crippen molar-refractivity contribution in [2.45, 2.75) is 146 Å². The molecule has 250 valence electrons. The molecule has 0 unspecified atom stereocenters. The van der Waals surface area contributed by atoms with Gasteiger partial charge in [-0.1, -0.05) is 24.1 Å². The molecule has 11 nitrogen and oxygen atoms in total. The number of carbonyl (C=O) groups is 2. The van der Waals surface area contributed by atoms with Crippen LogP contribution in [0.4, 0.5) is 0 Å². The zero-order valence-corrected chi connectivity index (χ0v) is 26.8. The van der Waals surface area contributed by atoms with E-state index in [9.17, 15) is 35.1 Å². The van der Waals surface area contributed by atoms with Gasteiger partial charge in [0.15, 0.2) is 6.29 Å². The Labute approximate surface area is 263 Å². The third-order valence-corrected chi connectivity index (χ3v) is 13.9. The molecule has 45 heavy (non-hydrogen) atoms. The lowest BCUT2D eigenvalue weighted by molar-refractivity contribution is -0.312. The van der Waals surface area contributed by atoms with Crippen molar-refractivity contribution < 1.29 is 54.1 Å². The van der Waals surface area contributed by atoms with Crippen molar-refractivity contribution in [2.75, 3.05) is 6.61 Å². The van der Waals surface area contributed by atoms with Crippen LogP contribution < -0.4 is 0 Å². The van der Waals surface area contributed by atoms with Crippen LogP contribution >= 0.6 is 0 Å². The standard InChI is InChI=1S/C34H48O11/c1-16-12-24(44-28(40)17(16)2)32(5)34(41)11-10-33(45-32)21-7-6-18-13-19(42-29-27(39)26(38)25(37)22(15-35)43-29)14-23(36)31(18,4)20(21)8-9-30(33,34)3/h6,19-22,24-27,29,35,37-39,41H,7-15H2,1-5H3/t19-,20+,21-,22-,24-,25-,26+,27-,29-,30+,31+,32+,33-,34-/m1/s1. The van der Waals surface area contributed by atoms with Crippen molar-refractivity contribution in [1.29, 1.82) is 0 Å². The predicted molar refractivity (Wildman–Crippen MR) is 157 cm³/mol. The fourth-order valence-electron chi connectivity index (χ4n) is 10.9. The quantitative estimate of drug-likeness (QED) is 0.225. The van der Waals surface area contributed by atoms with Crippen LogP contribution in [0.25, 0.3) is 0 Å². The molecular weight excluding hydrogens is 584 g/mol. The Balaban J connectivity index is 1.17. The summed E-state index contributed by atoms with van der Waals surface area (Å²) in [5.41, 5.74) is -1.81. The Kier molecular flexibility index (Phi) is 7.19. The van der Waals surface area contributed by atoms with E-state index in [1.807, 2.05) is 20.8 Å². The minimum Gasteiger partial charge on any atom is -0.455 e. The van der Waals surface area contributed by atoms with E-state index in [0.717, 1.165) is 17.6 Å². The van der Waals surface area contributed by atoms with Gasteiger partial charge in [0.05, 0.1) is 23.7 Å². The number of rotatable bonds is 4. The Morgan fingerprint density at radius 3 is 2.38 bits per heavy atom. The molecular formula is C34H48O11. The summed E-state index contributed by atoms with van der Waals surface area (Å²) in [6.45, 7) is 9.22. The summed E-state index contributed by atoms with van der Waals surface area (Å²) in [7, 11) is 0. The number of ether oxygens (including phenoxy) is 4. The Hall–Kier alpha value is -1.70. The van der Waals surface area contributed by atoms with Crippen molar-refractivity contribution in [2.24, 2.45) is 22.7 Å². The zero-order valence-electron chi connectivity index (χ0n) is 26.8. The second-order valence-corrected chi connectivity index (χ2v) is 15.5. The molecule has 3 saturated carbocycles. The maximum atomic E-state index is 14.2. The van der Waals surface area contributed by atoms with Gasteiger partial charge in [0, 0.05) is 23.8 Å². The third kappa shape index (κ3) is 3.87. The molecule has 4 aliphatic carbocycles. The molecule has 3 aliphatic heterocycles. The van der Waals surface area contributed by atoms with Crippen molar-refractivity contribution in [3.8, 4) is 0 Å². The van der Waals surface area contributed by atoms with E-state index in [1.165, 1.54) is 0 Å². The lowest BCUT2D eigenvalue weighted by Crippen LogP contribution is -2.63. The monoisotopic (exact) mass is 632 g/mol. The van der Waals surface area contributed by atoms with E-state index in [0.29, 0.717) is 44.1 Å². The first-order chi connectivity index (χ1) is 21.1. The minimum atomic E-state index is -1.56. The zero-order chi connectivity index (χ0) is 32.5. The van der Waals surface area contributed by atoms with Gasteiger partial charge < -0.3 is 44.5 Å². The summed E-state index contributed by atoms with van der Waals surface area (Å²) in [5, 5.41) is 53.1. The molecule has 2 bridgehead atoms. The van der Waals surface area contributed by atoms with E-state index < -0.39 is 77.2 Å². The average molecular weight is 633 g/mol. The second kappa shape index (κ2) is 10.2. The number of cyclic esters (lactones) is 1. The first kappa shape index (κ1) is 31.9. The summed E-state index contributed by atoms with van der Waals surface area (Å²) in [6.07, 6.45) is -1.73. The highest BCUT2D eigenvalue weighted by Gasteiger charge is 2.84. The number of aliphatic hydroxyl groups excluding tert-OH is 4. The number of allylic oxidation sites excluding steroid dienone is 1.